The molecule has 0 aliphatic heterocycles. The minimum atomic E-state index is 0.484. The standard InChI is InChI=1S/C16H29N3S/c1-4-15(5-2)19-11-8-14(18-19)12-17-13-16(20-3)9-6-7-10-16/h8,11,15,17H,4-7,9-10,12-13H2,1-3H3. The van der Waals surface area contributed by atoms with E-state index in [1.165, 1.54) is 31.4 Å². The fraction of sp³-hybridized carbons (Fsp3) is 0.812. The predicted octanol–water partition coefficient (Wildman–Crippen LogP) is 4.01. The van der Waals surface area contributed by atoms with E-state index in [1.54, 1.807) is 0 Å². The zero-order valence-corrected chi connectivity index (χ0v) is 14.0. The van der Waals surface area contributed by atoms with Crippen molar-refractivity contribution < 1.29 is 0 Å². The Morgan fingerprint density at radius 3 is 2.65 bits per heavy atom. The van der Waals surface area contributed by atoms with Gasteiger partial charge in [0.1, 0.15) is 0 Å². The van der Waals surface area contributed by atoms with Crippen LogP contribution >= 0.6 is 11.8 Å². The molecule has 20 heavy (non-hydrogen) atoms. The number of hydrogen-bond acceptors (Lipinski definition) is 3. The van der Waals surface area contributed by atoms with E-state index in [9.17, 15) is 0 Å². The Kier molecular flexibility index (Phi) is 5.97. The third-order valence-corrected chi connectivity index (χ3v) is 6.10. The molecule has 0 unspecified atom stereocenters. The molecule has 2 rings (SSSR count). The lowest BCUT2D eigenvalue weighted by atomic mass is 10.1. The molecule has 0 bridgehead atoms. The molecule has 4 heteroatoms. The Bertz CT molecular complexity index is 392. The Morgan fingerprint density at radius 1 is 1.35 bits per heavy atom. The number of aromatic nitrogens is 2. The highest BCUT2D eigenvalue weighted by Crippen LogP contribution is 2.39. The minimum Gasteiger partial charge on any atom is -0.310 e. The molecule has 0 spiro atoms. The van der Waals surface area contributed by atoms with Crippen LogP contribution in [0.15, 0.2) is 12.3 Å². The molecule has 1 fully saturated rings. The van der Waals surface area contributed by atoms with Gasteiger partial charge in [-0.25, -0.2) is 0 Å². The summed E-state index contributed by atoms with van der Waals surface area (Å²) in [6.07, 6.45) is 12.2. The largest absolute Gasteiger partial charge is 0.310 e. The fourth-order valence-corrected chi connectivity index (χ4v) is 4.17. The Labute approximate surface area is 127 Å². The molecule has 1 aliphatic carbocycles. The molecular weight excluding hydrogens is 266 g/mol. The molecule has 3 nitrogen and oxygen atoms in total. The highest BCUT2D eigenvalue weighted by molar-refractivity contribution is 8.00. The van der Waals surface area contributed by atoms with E-state index in [-0.39, 0.29) is 0 Å². The third-order valence-electron chi connectivity index (χ3n) is 4.68. The van der Waals surface area contributed by atoms with Gasteiger partial charge in [0.2, 0.25) is 0 Å². The first-order valence-corrected chi connectivity index (χ1v) is 9.25. The summed E-state index contributed by atoms with van der Waals surface area (Å²) in [5, 5.41) is 8.34. The van der Waals surface area contributed by atoms with Gasteiger partial charge >= 0.3 is 0 Å². The lowest BCUT2D eigenvalue weighted by Crippen LogP contribution is -2.34. The van der Waals surface area contributed by atoms with Gasteiger partial charge in [0.15, 0.2) is 0 Å². The van der Waals surface area contributed by atoms with Gasteiger partial charge in [-0.05, 0) is 38.0 Å². The average Bonchev–Trinajstić information content (AvgIpc) is 3.11. The average molecular weight is 295 g/mol. The van der Waals surface area contributed by atoms with Gasteiger partial charge in [0, 0.05) is 24.0 Å². The van der Waals surface area contributed by atoms with Gasteiger partial charge in [-0.3, -0.25) is 4.68 Å². The van der Waals surface area contributed by atoms with E-state index >= 15 is 0 Å². The molecule has 114 valence electrons. The first-order chi connectivity index (χ1) is 9.73. The van der Waals surface area contributed by atoms with Crippen molar-refractivity contribution in [2.24, 2.45) is 0 Å². The summed E-state index contributed by atoms with van der Waals surface area (Å²) in [6.45, 7) is 6.48. The van der Waals surface area contributed by atoms with Crippen molar-refractivity contribution in [3.05, 3.63) is 18.0 Å². The molecule has 0 aromatic carbocycles. The van der Waals surface area contributed by atoms with Crippen molar-refractivity contribution in [1.82, 2.24) is 15.1 Å². The van der Waals surface area contributed by atoms with Gasteiger partial charge in [0.05, 0.1) is 11.7 Å². The molecule has 1 N–H and O–H groups in total. The van der Waals surface area contributed by atoms with E-state index in [4.69, 9.17) is 5.10 Å². The molecule has 1 heterocycles. The summed E-state index contributed by atoms with van der Waals surface area (Å²) in [6, 6.07) is 2.71. The molecule has 0 atom stereocenters. The first kappa shape index (κ1) is 15.9. The van der Waals surface area contributed by atoms with E-state index in [0.717, 1.165) is 25.9 Å². The maximum absolute atomic E-state index is 4.71. The van der Waals surface area contributed by atoms with E-state index in [0.29, 0.717) is 10.8 Å². The van der Waals surface area contributed by atoms with Gasteiger partial charge < -0.3 is 5.32 Å². The molecule has 0 radical (unpaired) electrons. The summed E-state index contributed by atoms with van der Waals surface area (Å²) < 4.78 is 2.62. The van der Waals surface area contributed by atoms with E-state index in [2.05, 4.69) is 42.4 Å². The van der Waals surface area contributed by atoms with Crippen LogP contribution in [0.25, 0.3) is 0 Å². The fourth-order valence-electron chi connectivity index (χ4n) is 3.23. The SMILES string of the molecule is CCC(CC)n1ccc(CNCC2(SC)CCCC2)n1. The van der Waals surface area contributed by atoms with E-state index in [1.807, 2.05) is 11.8 Å². The first-order valence-electron chi connectivity index (χ1n) is 8.03. The molecule has 0 saturated heterocycles. The Balaban J connectivity index is 1.82. The van der Waals surface area contributed by atoms with Gasteiger partial charge in [-0.15, -0.1) is 0 Å². The van der Waals surface area contributed by atoms with Gasteiger partial charge in [-0.1, -0.05) is 26.7 Å². The maximum Gasteiger partial charge on any atom is 0.0762 e. The van der Waals surface area contributed by atoms with Crippen molar-refractivity contribution in [2.75, 3.05) is 12.8 Å². The second kappa shape index (κ2) is 7.51. The Hall–Kier alpha value is -0.480. The number of thioether (sulfide) groups is 1. The molecule has 1 aliphatic rings. The van der Waals surface area contributed by atoms with Crippen LogP contribution in [0, 0.1) is 0 Å². The van der Waals surface area contributed by atoms with Crippen LogP contribution in [-0.2, 0) is 6.54 Å². The number of rotatable bonds is 8. The van der Waals surface area contributed by atoms with Crippen molar-refractivity contribution in [1.29, 1.82) is 0 Å². The van der Waals surface area contributed by atoms with Crippen molar-refractivity contribution in [2.45, 2.75) is 69.7 Å². The molecule has 1 aromatic heterocycles. The van der Waals surface area contributed by atoms with Crippen LogP contribution in [0.3, 0.4) is 0 Å². The molecule has 1 aromatic rings. The summed E-state index contributed by atoms with van der Waals surface area (Å²) in [5.41, 5.74) is 1.17. The third kappa shape index (κ3) is 3.79. The highest BCUT2D eigenvalue weighted by Gasteiger charge is 2.32. The van der Waals surface area contributed by atoms with Crippen LogP contribution in [0.2, 0.25) is 0 Å². The summed E-state index contributed by atoms with van der Waals surface area (Å²) >= 11 is 2.04. The number of hydrogen-bond donors (Lipinski definition) is 1. The van der Waals surface area contributed by atoms with Crippen LogP contribution in [-0.4, -0.2) is 27.3 Å². The topological polar surface area (TPSA) is 29.9 Å². The van der Waals surface area contributed by atoms with Crippen LogP contribution in [0.1, 0.15) is 64.1 Å². The quantitative estimate of drug-likeness (QED) is 0.786. The second-order valence-corrected chi connectivity index (χ2v) is 7.23. The van der Waals surface area contributed by atoms with Gasteiger partial charge in [0.25, 0.3) is 0 Å². The minimum absolute atomic E-state index is 0.484. The second-order valence-electron chi connectivity index (χ2n) is 5.96. The highest BCUT2D eigenvalue weighted by atomic mass is 32.2. The zero-order chi connectivity index (χ0) is 14.4. The summed E-state index contributed by atoms with van der Waals surface area (Å²) in [7, 11) is 0. The summed E-state index contributed by atoms with van der Waals surface area (Å²) in [4.78, 5) is 0. The smallest absolute Gasteiger partial charge is 0.0762 e. The van der Waals surface area contributed by atoms with Crippen molar-refractivity contribution in [3.63, 3.8) is 0 Å². The van der Waals surface area contributed by atoms with Crippen LogP contribution < -0.4 is 5.32 Å². The maximum atomic E-state index is 4.71. The van der Waals surface area contributed by atoms with Gasteiger partial charge in [-0.2, -0.15) is 16.9 Å². The predicted molar refractivity (Wildman–Crippen MR) is 88.3 cm³/mol. The molecule has 1 saturated carbocycles. The molecule has 0 amide bonds. The van der Waals surface area contributed by atoms with E-state index < -0.39 is 0 Å². The monoisotopic (exact) mass is 295 g/mol. The lowest BCUT2D eigenvalue weighted by molar-refractivity contribution is 0.423. The lowest BCUT2D eigenvalue weighted by Gasteiger charge is -2.26. The number of nitrogens with zero attached hydrogens (tertiary/aromatic N) is 2. The Morgan fingerprint density at radius 2 is 2.05 bits per heavy atom. The van der Waals surface area contributed by atoms with Crippen LogP contribution in [0.5, 0.6) is 0 Å². The normalized spacial score (nSPS) is 18.0. The molecular formula is C16H29N3S. The summed E-state index contributed by atoms with van der Waals surface area (Å²) in [5.74, 6) is 0. The number of nitrogens with one attached hydrogen (secondary N) is 1. The zero-order valence-electron chi connectivity index (χ0n) is 13.2. The van der Waals surface area contributed by atoms with Crippen LogP contribution in [0.4, 0.5) is 0 Å². The van der Waals surface area contributed by atoms with Crippen molar-refractivity contribution >= 4 is 11.8 Å². The van der Waals surface area contributed by atoms with Crippen molar-refractivity contribution in [3.8, 4) is 0 Å².